The van der Waals surface area contributed by atoms with Crippen molar-refractivity contribution in [2.75, 3.05) is 11.9 Å². The maximum absolute atomic E-state index is 4.38. The Hall–Kier alpha value is -1.09. The second kappa shape index (κ2) is 6.74. The van der Waals surface area contributed by atoms with E-state index in [1.807, 2.05) is 18.3 Å². The van der Waals surface area contributed by atoms with Crippen LogP contribution >= 0.6 is 15.9 Å². The third kappa shape index (κ3) is 3.45. The zero-order valence-electron chi connectivity index (χ0n) is 10.7. The van der Waals surface area contributed by atoms with Gasteiger partial charge in [-0.25, -0.2) is 0 Å². The minimum atomic E-state index is 1.03. The molecule has 0 spiro atoms. The summed E-state index contributed by atoms with van der Waals surface area (Å²) in [6.45, 7) is 3.27. The van der Waals surface area contributed by atoms with E-state index in [0.717, 1.165) is 16.5 Å². The zero-order valence-corrected chi connectivity index (χ0v) is 12.3. The molecule has 0 saturated carbocycles. The van der Waals surface area contributed by atoms with Crippen molar-refractivity contribution >= 4 is 32.5 Å². The highest BCUT2D eigenvalue weighted by atomic mass is 79.9. The lowest BCUT2D eigenvalue weighted by atomic mass is 10.1. The first-order valence-corrected chi connectivity index (χ1v) is 7.38. The second-order valence-corrected chi connectivity index (χ2v) is 5.42. The van der Waals surface area contributed by atoms with Crippen molar-refractivity contribution in [2.45, 2.75) is 32.6 Å². The van der Waals surface area contributed by atoms with Crippen LogP contribution in [0, 0.1) is 0 Å². The Balaban J connectivity index is 2.05. The SMILES string of the molecule is CCCCCCNc1ccnc2ccc(Br)cc12. The molecule has 1 aromatic heterocycles. The fraction of sp³-hybridized carbons (Fsp3) is 0.400. The molecule has 0 atom stereocenters. The van der Waals surface area contributed by atoms with Gasteiger partial charge in [-0.05, 0) is 30.7 Å². The molecule has 0 aliphatic carbocycles. The van der Waals surface area contributed by atoms with E-state index in [4.69, 9.17) is 0 Å². The lowest BCUT2D eigenvalue weighted by Crippen LogP contribution is -2.02. The predicted octanol–water partition coefficient (Wildman–Crippen LogP) is 4.99. The van der Waals surface area contributed by atoms with E-state index in [1.165, 1.54) is 36.8 Å². The molecule has 2 rings (SSSR count). The summed E-state index contributed by atoms with van der Waals surface area (Å²) in [4.78, 5) is 4.38. The molecule has 3 heteroatoms. The number of nitrogens with zero attached hydrogens (tertiary/aromatic N) is 1. The second-order valence-electron chi connectivity index (χ2n) is 4.51. The first kappa shape index (κ1) is 13.3. The molecule has 0 aliphatic heterocycles. The number of benzene rings is 1. The summed E-state index contributed by atoms with van der Waals surface area (Å²) in [5.41, 5.74) is 2.22. The molecule has 1 heterocycles. The number of nitrogens with one attached hydrogen (secondary N) is 1. The summed E-state index contributed by atoms with van der Waals surface area (Å²) in [5, 5.41) is 4.70. The molecule has 0 amide bonds. The largest absolute Gasteiger partial charge is 0.384 e. The van der Waals surface area contributed by atoms with Crippen molar-refractivity contribution in [2.24, 2.45) is 0 Å². The summed E-state index contributed by atoms with van der Waals surface area (Å²) in [6.07, 6.45) is 7.00. The predicted molar refractivity (Wildman–Crippen MR) is 82.1 cm³/mol. The fourth-order valence-corrected chi connectivity index (χ4v) is 2.41. The summed E-state index contributed by atoms with van der Waals surface area (Å²) < 4.78 is 1.09. The van der Waals surface area contributed by atoms with E-state index < -0.39 is 0 Å². The molecule has 2 nitrogen and oxygen atoms in total. The van der Waals surface area contributed by atoms with Gasteiger partial charge in [0, 0.05) is 28.3 Å². The molecule has 96 valence electrons. The van der Waals surface area contributed by atoms with Gasteiger partial charge in [0.1, 0.15) is 0 Å². The van der Waals surface area contributed by atoms with Crippen LogP contribution in [-0.4, -0.2) is 11.5 Å². The quantitative estimate of drug-likeness (QED) is 0.761. The van der Waals surface area contributed by atoms with Crippen LogP contribution in [-0.2, 0) is 0 Å². The van der Waals surface area contributed by atoms with Crippen LogP contribution in [0.25, 0.3) is 10.9 Å². The smallest absolute Gasteiger partial charge is 0.0723 e. The van der Waals surface area contributed by atoms with E-state index in [2.05, 4.69) is 45.3 Å². The van der Waals surface area contributed by atoms with Crippen LogP contribution in [0.4, 0.5) is 5.69 Å². The minimum absolute atomic E-state index is 1.03. The van der Waals surface area contributed by atoms with Gasteiger partial charge in [-0.3, -0.25) is 4.98 Å². The Labute approximate surface area is 117 Å². The molecule has 2 aromatic rings. The van der Waals surface area contributed by atoms with Crippen molar-refractivity contribution < 1.29 is 0 Å². The number of fused-ring (bicyclic) bond motifs is 1. The number of aromatic nitrogens is 1. The normalized spacial score (nSPS) is 10.8. The van der Waals surface area contributed by atoms with Crippen LogP contribution in [0.5, 0.6) is 0 Å². The number of hydrogen-bond acceptors (Lipinski definition) is 2. The molecule has 0 saturated heterocycles. The minimum Gasteiger partial charge on any atom is -0.384 e. The van der Waals surface area contributed by atoms with Gasteiger partial charge in [-0.15, -0.1) is 0 Å². The van der Waals surface area contributed by atoms with Gasteiger partial charge in [0.25, 0.3) is 0 Å². The molecule has 18 heavy (non-hydrogen) atoms. The Bertz CT molecular complexity index is 511. The number of unbranched alkanes of at least 4 members (excludes halogenated alkanes) is 3. The molecule has 1 aromatic carbocycles. The van der Waals surface area contributed by atoms with Gasteiger partial charge in [-0.2, -0.15) is 0 Å². The molecule has 0 radical (unpaired) electrons. The van der Waals surface area contributed by atoms with Crippen LogP contribution in [0.1, 0.15) is 32.6 Å². The first-order valence-electron chi connectivity index (χ1n) is 6.59. The maximum atomic E-state index is 4.38. The average Bonchev–Trinajstić information content (AvgIpc) is 2.39. The number of anilines is 1. The summed E-state index contributed by atoms with van der Waals surface area (Å²) in [7, 11) is 0. The van der Waals surface area contributed by atoms with Crippen molar-refractivity contribution in [1.82, 2.24) is 4.98 Å². The molecule has 0 fully saturated rings. The Morgan fingerprint density at radius 3 is 2.89 bits per heavy atom. The van der Waals surface area contributed by atoms with Crippen LogP contribution < -0.4 is 5.32 Å². The average molecular weight is 307 g/mol. The van der Waals surface area contributed by atoms with Crippen molar-refractivity contribution in [3.8, 4) is 0 Å². The van der Waals surface area contributed by atoms with Gasteiger partial charge in [0.05, 0.1) is 5.52 Å². The molecule has 0 aliphatic rings. The molecular weight excluding hydrogens is 288 g/mol. The highest BCUT2D eigenvalue weighted by Gasteiger charge is 2.01. The maximum Gasteiger partial charge on any atom is 0.0723 e. The highest BCUT2D eigenvalue weighted by Crippen LogP contribution is 2.25. The van der Waals surface area contributed by atoms with E-state index in [-0.39, 0.29) is 0 Å². The fourth-order valence-electron chi connectivity index (χ4n) is 2.05. The summed E-state index contributed by atoms with van der Waals surface area (Å²) in [6, 6.07) is 8.24. The standard InChI is InChI=1S/C15H19BrN2/c1-2-3-4-5-9-17-15-8-10-18-14-7-6-12(16)11-13(14)15/h6-8,10-11H,2-5,9H2,1H3,(H,17,18). The number of rotatable bonds is 6. The summed E-state index contributed by atoms with van der Waals surface area (Å²) >= 11 is 3.51. The zero-order chi connectivity index (χ0) is 12.8. The molecule has 1 N–H and O–H groups in total. The van der Waals surface area contributed by atoms with E-state index in [0.29, 0.717) is 0 Å². The first-order chi connectivity index (χ1) is 8.81. The van der Waals surface area contributed by atoms with Crippen molar-refractivity contribution in [1.29, 1.82) is 0 Å². The molecular formula is C15H19BrN2. The van der Waals surface area contributed by atoms with Gasteiger partial charge in [-0.1, -0.05) is 42.1 Å². The third-order valence-corrected chi connectivity index (χ3v) is 3.54. The monoisotopic (exact) mass is 306 g/mol. The number of pyridine rings is 1. The Morgan fingerprint density at radius 2 is 2.06 bits per heavy atom. The van der Waals surface area contributed by atoms with Crippen molar-refractivity contribution in [3.63, 3.8) is 0 Å². The Morgan fingerprint density at radius 1 is 1.17 bits per heavy atom. The molecule has 0 bridgehead atoms. The van der Waals surface area contributed by atoms with Gasteiger partial charge >= 0.3 is 0 Å². The Kier molecular flexibility index (Phi) is 5.00. The number of hydrogen-bond donors (Lipinski definition) is 1. The van der Waals surface area contributed by atoms with Gasteiger partial charge in [0.15, 0.2) is 0 Å². The van der Waals surface area contributed by atoms with E-state index in [9.17, 15) is 0 Å². The highest BCUT2D eigenvalue weighted by molar-refractivity contribution is 9.10. The lowest BCUT2D eigenvalue weighted by Gasteiger charge is -2.09. The molecule has 0 unspecified atom stereocenters. The van der Waals surface area contributed by atoms with Crippen LogP contribution in [0.2, 0.25) is 0 Å². The third-order valence-electron chi connectivity index (χ3n) is 3.05. The number of halogens is 1. The van der Waals surface area contributed by atoms with Crippen molar-refractivity contribution in [3.05, 3.63) is 34.9 Å². The van der Waals surface area contributed by atoms with Crippen LogP contribution in [0.15, 0.2) is 34.9 Å². The lowest BCUT2D eigenvalue weighted by molar-refractivity contribution is 0.685. The van der Waals surface area contributed by atoms with E-state index >= 15 is 0 Å². The van der Waals surface area contributed by atoms with Gasteiger partial charge < -0.3 is 5.32 Å². The van der Waals surface area contributed by atoms with Crippen LogP contribution in [0.3, 0.4) is 0 Å². The van der Waals surface area contributed by atoms with Gasteiger partial charge in [0.2, 0.25) is 0 Å². The topological polar surface area (TPSA) is 24.9 Å². The van der Waals surface area contributed by atoms with E-state index in [1.54, 1.807) is 0 Å². The summed E-state index contributed by atoms with van der Waals surface area (Å²) in [5.74, 6) is 0.